The van der Waals surface area contributed by atoms with Crippen LogP contribution in [-0.4, -0.2) is 22.2 Å². The van der Waals surface area contributed by atoms with Gasteiger partial charge >= 0.3 is 0 Å². The second-order valence-corrected chi connectivity index (χ2v) is 5.31. The molecular weight excluding hydrogens is 144 g/mol. The van der Waals surface area contributed by atoms with E-state index in [1.54, 1.807) is 0 Å². The summed E-state index contributed by atoms with van der Waals surface area (Å²) in [6.07, 6.45) is 2.08. The maximum Gasteiger partial charge on any atom is 0.0431 e. The topological polar surface area (TPSA) is 20.2 Å². The van der Waals surface area contributed by atoms with Crippen LogP contribution in [0.25, 0.3) is 0 Å². The van der Waals surface area contributed by atoms with Gasteiger partial charge in [-0.05, 0) is 18.6 Å². The monoisotopic (exact) mass is 162 g/mol. The fourth-order valence-electron chi connectivity index (χ4n) is 0.592. The van der Waals surface area contributed by atoms with Gasteiger partial charge in [0.1, 0.15) is 0 Å². The SMILES string of the molecule is CC(C)(C)SCCCCO. The molecule has 1 N–H and O–H groups in total. The minimum Gasteiger partial charge on any atom is -0.396 e. The molecule has 0 bridgehead atoms. The van der Waals surface area contributed by atoms with Crippen LogP contribution in [-0.2, 0) is 0 Å². The summed E-state index contributed by atoms with van der Waals surface area (Å²) in [5.41, 5.74) is 0. The molecule has 0 aliphatic rings. The molecule has 0 radical (unpaired) electrons. The van der Waals surface area contributed by atoms with Crippen molar-refractivity contribution in [2.75, 3.05) is 12.4 Å². The van der Waals surface area contributed by atoms with Crippen LogP contribution in [0.3, 0.4) is 0 Å². The number of hydrogen-bond donors (Lipinski definition) is 1. The van der Waals surface area contributed by atoms with Crippen molar-refractivity contribution in [3.05, 3.63) is 0 Å². The third kappa shape index (κ3) is 8.31. The van der Waals surface area contributed by atoms with E-state index in [4.69, 9.17) is 5.11 Å². The summed E-state index contributed by atoms with van der Waals surface area (Å²) in [5, 5.41) is 8.49. The Kier molecular flexibility index (Phi) is 5.18. The van der Waals surface area contributed by atoms with E-state index in [-0.39, 0.29) is 0 Å². The molecule has 62 valence electrons. The van der Waals surface area contributed by atoms with Crippen molar-refractivity contribution in [3.63, 3.8) is 0 Å². The van der Waals surface area contributed by atoms with Gasteiger partial charge in [0.2, 0.25) is 0 Å². The lowest BCUT2D eigenvalue weighted by Crippen LogP contribution is -2.08. The van der Waals surface area contributed by atoms with Crippen molar-refractivity contribution < 1.29 is 5.11 Å². The highest BCUT2D eigenvalue weighted by molar-refractivity contribution is 8.00. The molecule has 0 saturated carbocycles. The second-order valence-electron chi connectivity index (χ2n) is 3.39. The van der Waals surface area contributed by atoms with E-state index < -0.39 is 0 Å². The van der Waals surface area contributed by atoms with E-state index in [9.17, 15) is 0 Å². The zero-order valence-corrected chi connectivity index (χ0v) is 8.00. The van der Waals surface area contributed by atoms with Gasteiger partial charge in [-0.2, -0.15) is 11.8 Å². The molecule has 0 spiro atoms. The Morgan fingerprint density at radius 1 is 1.20 bits per heavy atom. The number of thioether (sulfide) groups is 1. The lowest BCUT2D eigenvalue weighted by Gasteiger charge is -2.16. The van der Waals surface area contributed by atoms with Crippen LogP contribution >= 0.6 is 11.8 Å². The molecule has 0 heterocycles. The minimum absolute atomic E-state index is 0.338. The molecule has 2 heteroatoms. The smallest absolute Gasteiger partial charge is 0.0431 e. The molecule has 0 unspecified atom stereocenters. The molecule has 0 aliphatic heterocycles. The van der Waals surface area contributed by atoms with Crippen LogP contribution in [0, 0.1) is 0 Å². The highest BCUT2D eigenvalue weighted by Crippen LogP contribution is 2.23. The Morgan fingerprint density at radius 3 is 2.20 bits per heavy atom. The van der Waals surface area contributed by atoms with Gasteiger partial charge < -0.3 is 5.11 Å². The molecule has 1 nitrogen and oxygen atoms in total. The quantitative estimate of drug-likeness (QED) is 0.640. The molecule has 0 aromatic carbocycles. The van der Waals surface area contributed by atoms with Crippen LogP contribution in [0.15, 0.2) is 0 Å². The number of rotatable bonds is 4. The van der Waals surface area contributed by atoms with Gasteiger partial charge in [-0.25, -0.2) is 0 Å². The van der Waals surface area contributed by atoms with E-state index in [1.807, 2.05) is 11.8 Å². The molecule has 0 fully saturated rings. The van der Waals surface area contributed by atoms with Crippen molar-refractivity contribution in [3.8, 4) is 0 Å². The molecule has 10 heavy (non-hydrogen) atoms. The fraction of sp³-hybridized carbons (Fsp3) is 1.00. The summed E-state index contributed by atoms with van der Waals surface area (Å²) in [7, 11) is 0. The first-order chi connectivity index (χ1) is 4.56. The maximum atomic E-state index is 8.49. The molecule has 0 amide bonds. The first-order valence-electron chi connectivity index (χ1n) is 3.81. The normalized spacial score (nSPS) is 12.0. The van der Waals surface area contributed by atoms with Gasteiger partial charge in [0.05, 0.1) is 0 Å². The Labute approximate surface area is 68.2 Å². The number of hydrogen-bond acceptors (Lipinski definition) is 2. The van der Waals surface area contributed by atoms with Crippen LogP contribution in [0.1, 0.15) is 33.6 Å². The standard InChI is InChI=1S/C8H18OS/c1-8(2,3)10-7-5-4-6-9/h9H,4-7H2,1-3H3. The van der Waals surface area contributed by atoms with Crippen molar-refractivity contribution in [1.29, 1.82) is 0 Å². The van der Waals surface area contributed by atoms with Gasteiger partial charge in [0, 0.05) is 11.4 Å². The molecule has 0 rings (SSSR count). The first kappa shape index (κ1) is 10.3. The molecule has 0 atom stereocenters. The van der Waals surface area contributed by atoms with Crippen molar-refractivity contribution >= 4 is 11.8 Å². The maximum absolute atomic E-state index is 8.49. The molecule has 0 aliphatic carbocycles. The first-order valence-corrected chi connectivity index (χ1v) is 4.79. The summed E-state index contributed by atoms with van der Waals surface area (Å²) < 4.78 is 0.384. The third-order valence-corrected chi connectivity index (χ3v) is 2.45. The largest absolute Gasteiger partial charge is 0.396 e. The lowest BCUT2D eigenvalue weighted by atomic mass is 10.3. The molecular formula is C8H18OS. The van der Waals surface area contributed by atoms with Crippen LogP contribution in [0.2, 0.25) is 0 Å². The average molecular weight is 162 g/mol. The Hall–Kier alpha value is 0.310. The Morgan fingerprint density at radius 2 is 1.80 bits per heavy atom. The highest BCUT2D eigenvalue weighted by Gasteiger charge is 2.08. The third-order valence-electron chi connectivity index (χ3n) is 1.09. The van der Waals surface area contributed by atoms with E-state index in [0.717, 1.165) is 12.8 Å². The number of aliphatic hydroxyl groups is 1. The van der Waals surface area contributed by atoms with E-state index in [1.165, 1.54) is 5.75 Å². The molecule has 0 aromatic heterocycles. The zero-order valence-electron chi connectivity index (χ0n) is 7.18. The average Bonchev–Trinajstić information content (AvgIpc) is 1.78. The summed E-state index contributed by atoms with van der Waals surface area (Å²) in [6.45, 7) is 6.99. The Bertz CT molecular complexity index is 75.8. The van der Waals surface area contributed by atoms with Gasteiger partial charge in [0.15, 0.2) is 0 Å². The van der Waals surface area contributed by atoms with Crippen molar-refractivity contribution in [2.45, 2.75) is 38.4 Å². The molecule has 0 aromatic rings. The van der Waals surface area contributed by atoms with E-state index in [2.05, 4.69) is 20.8 Å². The highest BCUT2D eigenvalue weighted by atomic mass is 32.2. The van der Waals surface area contributed by atoms with Gasteiger partial charge in [0.25, 0.3) is 0 Å². The predicted octanol–water partition coefficient (Wildman–Crippen LogP) is 2.29. The van der Waals surface area contributed by atoms with E-state index >= 15 is 0 Å². The van der Waals surface area contributed by atoms with Gasteiger partial charge in [-0.1, -0.05) is 20.8 Å². The number of unbranched alkanes of at least 4 members (excludes halogenated alkanes) is 1. The van der Waals surface area contributed by atoms with E-state index in [0.29, 0.717) is 11.4 Å². The van der Waals surface area contributed by atoms with Crippen molar-refractivity contribution in [1.82, 2.24) is 0 Å². The summed E-state index contributed by atoms with van der Waals surface area (Å²) >= 11 is 1.96. The van der Waals surface area contributed by atoms with Crippen LogP contribution < -0.4 is 0 Å². The number of aliphatic hydroxyl groups excluding tert-OH is 1. The van der Waals surface area contributed by atoms with Crippen LogP contribution in [0.4, 0.5) is 0 Å². The summed E-state index contributed by atoms with van der Waals surface area (Å²) in [5.74, 6) is 1.17. The van der Waals surface area contributed by atoms with Gasteiger partial charge in [-0.15, -0.1) is 0 Å². The zero-order chi connectivity index (χ0) is 8.04. The Balaban J connectivity index is 3.04. The summed E-state index contributed by atoms with van der Waals surface area (Å²) in [4.78, 5) is 0. The second kappa shape index (κ2) is 5.03. The molecule has 0 saturated heterocycles. The van der Waals surface area contributed by atoms with Crippen molar-refractivity contribution in [2.24, 2.45) is 0 Å². The van der Waals surface area contributed by atoms with Crippen LogP contribution in [0.5, 0.6) is 0 Å². The summed E-state index contributed by atoms with van der Waals surface area (Å²) in [6, 6.07) is 0. The minimum atomic E-state index is 0.338. The fourth-order valence-corrected chi connectivity index (χ4v) is 1.55. The van der Waals surface area contributed by atoms with Gasteiger partial charge in [-0.3, -0.25) is 0 Å². The lowest BCUT2D eigenvalue weighted by molar-refractivity contribution is 0.287. The predicted molar refractivity (Wildman–Crippen MR) is 48.5 cm³/mol.